The molecule has 0 saturated carbocycles. The largest absolute Gasteiger partial charge is 0.508 e. The summed E-state index contributed by atoms with van der Waals surface area (Å²) in [5, 5.41) is 19.1. The second-order valence-electron chi connectivity index (χ2n) is 9.49. The lowest BCUT2D eigenvalue weighted by Gasteiger charge is -2.31. The molecule has 0 radical (unpaired) electrons. The first-order chi connectivity index (χ1) is 17.0. The second kappa shape index (κ2) is 10.0. The molecule has 3 heterocycles. The second-order valence-corrected chi connectivity index (χ2v) is 10.3. The summed E-state index contributed by atoms with van der Waals surface area (Å²) in [5.41, 5.74) is 5.79. The first kappa shape index (κ1) is 23.3. The predicted molar refractivity (Wildman–Crippen MR) is 139 cm³/mol. The number of aromatic hydroxyl groups is 1. The molecule has 7 heteroatoms. The van der Waals surface area contributed by atoms with Gasteiger partial charge in [0.2, 0.25) is 5.91 Å². The van der Waals surface area contributed by atoms with Gasteiger partial charge in [0.25, 0.3) is 0 Å². The average molecular weight is 487 g/mol. The molecule has 3 aromatic heterocycles. The van der Waals surface area contributed by atoms with Crippen LogP contribution in [0.1, 0.15) is 66.5 Å². The summed E-state index contributed by atoms with van der Waals surface area (Å²) < 4.78 is 1.91. The Bertz CT molecular complexity index is 1300. The molecule has 1 atom stereocenters. The standard InChI is InChI=1S/C28H30N4O2S/c1-19(2)26-10-9-22(14-29-26)32(17-21-13-30-31(16-21)15-20-11-12-35-18-20)28(34)25-7-3-6-24-23(25)5-4-8-27(24)33/h4-5,8-14,16,18-19,25,33H,3,6-7,15,17H2,1-2H3. The topological polar surface area (TPSA) is 71.2 Å². The molecule has 0 saturated heterocycles. The molecule has 1 N–H and O–H groups in total. The Labute approximate surface area is 209 Å². The van der Waals surface area contributed by atoms with E-state index in [0.29, 0.717) is 19.0 Å². The van der Waals surface area contributed by atoms with Gasteiger partial charge in [0, 0.05) is 17.5 Å². The summed E-state index contributed by atoms with van der Waals surface area (Å²) in [6, 6.07) is 11.6. The smallest absolute Gasteiger partial charge is 0.234 e. The maximum Gasteiger partial charge on any atom is 0.234 e. The van der Waals surface area contributed by atoms with Crippen molar-refractivity contribution in [2.45, 2.75) is 58.0 Å². The van der Waals surface area contributed by atoms with Crippen LogP contribution in [0.2, 0.25) is 0 Å². The first-order valence-corrected chi connectivity index (χ1v) is 13.0. The summed E-state index contributed by atoms with van der Waals surface area (Å²) >= 11 is 1.67. The molecule has 180 valence electrons. The van der Waals surface area contributed by atoms with Crippen molar-refractivity contribution in [2.75, 3.05) is 4.90 Å². The van der Waals surface area contributed by atoms with Gasteiger partial charge in [0.15, 0.2) is 0 Å². The fourth-order valence-corrected chi connectivity index (χ4v) is 5.46. The Kier molecular flexibility index (Phi) is 6.68. The summed E-state index contributed by atoms with van der Waals surface area (Å²) in [7, 11) is 0. The molecule has 5 rings (SSSR count). The van der Waals surface area contributed by atoms with E-state index in [-0.39, 0.29) is 17.6 Å². The number of fused-ring (bicyclic) bond motifs is 1. The Morgan fingerprint density at radius 3 is 2.83 bits per heavy atom. The van der Waals surface area contributed by atoms with Crippen molar-refractivity contribution >= 4 is 22.9 Å². The third-order valence-electron chi connectivity index (χ3n) is 6.67. The highest BCUT2D eigenvalue weighted by Gasteiger charge is 2.32. The quantitative estimate of drug-likeness (QED) is 0.355. The molecule has 35 heavy (non-hydrogen) atoms. The average Bonchev–Trinajstić information content (AvgIpc) is 3.54. The van der Waals surface area contributed by atoms with E-state index in [2.05, 4.69) is 40.8 Å². The van der Waals surface area contributed by atoms with Crippen molar-refractivity contribution in [1.82, 2.24) is 14.8 Å². The maximum atomic E-state index is 14.0. The van der Waals surface area contributed by atoms with E-state index in [1.165, 1.54) is 5.56 Å². The molecule has 0 spiro atoms. The normalized spacial score (nSPS) is 15.2. The van der Waals surface area contributed by atoms with Crippen LogP contribution in [0.25, 0.3) is 0 Å². The highest BCUT2D eigenvalue weighted by Crippen LogP contribution is 2.38. The highest BCUT2D eigenvalue weighted by molar-refractivity contribution is 7.07. The van der Waals surface area contributed by atoms with Gasteiger partial charge in [-0.3, -0.25) is 14.5 Å². The van der Waals surface area contributed by atoms with E-state index in [1.807, 2.05) is 46.2 Å². The lowest BCUT2D eigenvalue weighted by molar-refractivity contribution is -0.120. The SMILES string of the molecule is CC(C)c1ccc(N(Cc2cnn(Cc3ccsc3)c2)C(=O)C2CCCc3c(O)cccc32)cn1. The number of pyridine rings is 1. The van der Waals surface area contributed by atoms with Crippen molar-refractivity contribution in [3.05, 3.63) is 93.7 Å². The fraction of sp³-hybridized carbons (Fsp3) is 0.321. The number of benzene rings is 1. The molecule has 1 aliphatic carbocycles. The molecule has 6 nitrogen and oxygen atoms in total. The number of amides is 1. The van der Waals surface area contributed by atoms with Gasteiger partial charge in [-0.05, 0) is 76.9 Å². The van der Waals surface area contributed by atoms with Gasteiger partial charge in [0.1, 0.15) is 5.75 Å². The maximum absolute atomic E-state index is 14.0. The molecule has 0 bridgehead atoms. The minimum Gasteiger partial charge on any atom is -0.508 e. The third-order valence-corrected chi connectivity index (χ3v) is 7.40. The van der Waals surface area contributed by atoms with Gasteiger partial charge in [-0.1, -0.05) is 26.0 Å². The molecule has 1 unspecified atom stereocenters. The van der Waals surface area contributed by atoms with Crippen LogP contribution in [0.3, 0.4) is 0 Å². The van der Waals surface area contributed by atoms with Gasteiger partial charge in [-0.25, -0.2) is 0 Å². The van der Waals surface area contributed by atoms with Gasteiger partial charge >= 0.3 is 0 Å². The van der Waals surface area contributed by atoms with Crippen molar-refractivity contribution in [1.29, 1.82) is 0 Å². The lowest BCUT2D eigenvalue weighted by atomic mass is 9.81. The van der Waals surface area contributed by atoms with Gasteiger partial charge in [-0.15, -0.1) is 0 Å². The minimum absolute atomic E-state index is 0.0289. The number of hydrogen-bond donors (Lipinski definition) is 1. The number of thiophene rings is 1. The van der Waals surface area contributed by atoms with E-state index in [0.717, 1.165) is 47.3 Å². The molecule has 4 aromatic rings. The zero-order valence-corrected chi connectivity index (χ0v) is 20.9. The molecular formula is C28H30N4O2S. The van der Waals surface area contributed by atoms with Crippen molar-refractivity contribution < 1.29 is 9.90 Å². The number of rotatable bonds is 7. The van der Waals surface area contributed by atoms with Crippen LogP contribution < -0.4 is 4.90 Å². The van der Waals surface area contributed by atoms with Crippen LogP contribution in [0.15, 0.2) is 65.7 Å². The van der Waals surface area contributed by atoms with E-state index in [1.54, 1.807) is 23.6 Å². The number of phenols is 1. The zero-order chi connectivity index (χ0) is 24.4. The lowest BCUT2D eigenvalue weighted by Crippen LogP contribution is -2.36. The number of carbonyl (C=O) groups is 1. The first-order valence-electron chi connectivity index (χ1n) is 12.1. The van der Waals surface area contributed by atoms with Gasteiger partial charge in [0.05, 0.1) is 37.1 Å². The number of carbonyl (C=O) groups excluding carboxylic acids is 1. The molecule has 1 aromatic carbocycles. The Hall–Kier alpha value is -3.45. The van der Waals surface area contributed by atoms with Crippen LogP contribution in [-0.4, -0.2) is 25.8 Å². The van der Waals surface area contributed by atoms with Crippen molar-refractivity contribution in [3.63, 3.8) is 0 Å². The highest BCUT2D eigenvalue weighted by atomic mass is 32.1. The molecule has 1 amide bonds. The van der Waals surface area contributed by atoms with E-state index in [4.69, 9.17) is 0 Å². The number of aromatic nitrogens is 3. The molecular weight excluding hydrogens is 456 g/mol. The van der Waals surface area contributed by atoms with Crippen LogP contribution >= 0.6 is 11.3 Å². The number of hydrogen-bond acceptors (Lipinski definition) is 5. The van der Waals surface area contributed by atoms with E-state index < -0.39 is 0 Å². The monoisotopic (exact) mass is 486 g/mol. The van der Waals surface area contributed by atoms with Crippen LogP contribution in [-0.2, 0) is 24.3 Å². The van der Waals surface area contributed by atoms with Crippen molar-refractivity contribution in [3.8, 4) is 5.75 Å². The van der Waals surface area contributed by atoms with Gasteiger partial charge in [-0.2, -0.15) is 16.4 Å². The van der Waals surface area contributed by atoms with Gasteiger partial charge < -0.3 is 10.0 Å². The predicted octanol–water partition coefficient (Wildman–Crippen LogP) is 5.87. The Morgan fingerprint density at radius 2 is 2.09 bits per heavy atom. The third kappa shape index (κ3) is 5.00. The molecule has 1 aliphatic rings. The number of anilines is 1. The van der Waals surface area contributed by atoms with Crippen LogP contribution in [0, 0.1) is 0 Å². The van der Waals surface area contributed by atoms with E-state index in [9.17, 15) is 9.90 Å². The zero-order valence-electron chi connectivity index (χ0n) is 20.1. The number of nitrogens with zero attached hydrogens (tertiary/aromatic N) is 4. The molecule has 0 aliphatic heterocycles. The summed E-state index contributed by atoms with van der Waals surface area (Å²) in [5.74, 6) is 0.332. The summed E-state index contributed by atoms with van der Waals surface area (Å²) in [6.07, 6.45) is 8.08. The summed E-state index contributed by atoms with van der Waals surface area (Å²) in [6.45, 7) is 5.34. The fourth-order valence-electron chi connectivity index (χ4n) is 4.80. The van der Waals surface area contributed by atoms with Crippen LogP contribution in [0.5, 0.6) is 5.75 Å². The summed E-state index contributed by atoms with van der Waals surface area (Å²) in [4.78, 5) is 20.5. The van der Waals surface area contributed by atoms with Crippen molar-refractivity contribution in [2.24, 2.45) is 0 Å². The Morgan fingerprint density at radius 1 is 1.20 bits per heavy atom. The minimum atomic E-state index is -0.295. The van der Waals surface area contributed by atoms with E-state index >= 15 is 0 Å². The number of phenolic OH excluding ortho intramolecular Hbond substituents is 1. The van der Waals surface area contributed by atoms with Crippen LogP contribution in [0.4, 0.5) is 5.69 Å². The Balaban J connectivity index is 1.46. The molecule has 0 fully saturated rings.